The second-order valence-electron chi connectivity index (χ2n) is 9.46. The minimum Gasteiger partial charge on any atom is -0.490 e. The zero-order valence-electron chi connectivity index (χ0n) is 21.6. The first-order chi connectivity index (χ1) is 18.1. The molecule has 200 valence electrons. The van der Waals surface area contributed by atoms with Crippen molar-refractivity contribution in [3.8, 4) is 28.3 Å². The van der Waals surface area contributed by atoms with Gasteiger partial charge < -0.3 is 24.1 Å². The van der Waals surface area contributed by atoms with E-state index in [1.807, 2.05) is 17.5 Å². The van der Waals surface area contributed by atoms with Gasteiger partial charge in [-0.2, -0.15) is 0 Å². The van der Waals surface area contributed by atoms with Crippen LogP contribution in [-0.2, 0) is 16.5 Å². The van der Waals surface area contributed by atoms with Crippen LogP contribution in [-0.4, -0.2) is 52.8 Å². The Morgan fingerprint density at radius 2 is 1.87 bits per heavy atom. The second kappa shape index (κ2) is 11.7. The number of amides is 1. The third-order valence-corrected chi connectivity index (χ3v) is 6.28. The lowest BCUT2D eigenvalue weighted by atomic mass is 10.1. The van der Waals surface area contributed by atoms with Crippen LogP contribution in [0.15, 0.2) is 52.8 Å². The van der Waals surface area contributed by atoms with Gasteiger partial charge in [0.2, 0.25) is 0 Å². The third kappa shape index (κ3) is 6.73. The van der Waals surface area contributed by atoms with Crippen molar-refractivity contribution in [3.05, 3.63) is 64.1 Å². The van der Waals surface area contributed by atoms with Crippen molar-refractivity contribution in [2.75, 3.05) is 26.4 Å². The van der Waals surface area contributed by atoms with Crippen molar-refractivity contribution in [2.24, 2.45) is 7.05 Å². The number of carbonyl (C=O) groups is 1. The van der Waals surface area contributed by atoms with E-state index < -0.39 is 17.5 Å². The summed E-state index contributed by atoms with van der Waals surface area (Å²) in [4.78, 5) is 23.8. The summed E-state index contributed by atoms with van der Waals surface area (Å²) in [6.45, 7) is 6.31. The monoisotopic (exact) mass is 540 g/mol. The van der Waals surface area contributed by atoms with Crippen LogP contribution in [0.3, 0.4) is 0 Å². The molecule has 0 spiro atoms. The fourth-order valence-electron chi connectivity index (χ4n) is 3.63. The van der Waals surface area contributed by atoms with Crippen molar-refractivity contribution in [3.63, 3.8) is 0 Å². The van der Waals surface area contributed by atoms with Crippen LogP contribution >= 0.6 is 11.3 Å². The van der Waals surface area contributed by atoms with E-state index in [4.69, 9.17) is 14.2 Å². The molecule has 0 aliphatic heterocycles. The highest BCUT2D eigenvalue weighted by Crippen LogP contribution is 2.39. The number of benzene rings is 1. The van der Waals surface area contributed by atoms with E-state index in [-0.39, 0.29) is 31.9 Å². The number of thiophene rings is 1. The third-order valence-electron chi connectivity index (χ3n) is 5.36. The lowest BCUT2D eigenvalue weighted by Crippen LogP contribution is -2.34. The first kappa shape index (κ1) is 27.2. The Bertz CT molecular complexity index is 1500. The van der Waals surface area contributed by atoms with Gasteiger partial charge in [0.05, 0.1) is 17.9 Å². The Morgan fingerprint density at radius 3 is 2.63 bits per heavy atom. The number of nitrogens with zero attached hydrogens (tertiary/aromatic N) is 3. The van der Waals surface area contributed by atoms with E-state index in [9.17, 15) is 14.0 Å². The van der Waals surface area contributed by atoms with E-state index >= 15 is 0 Å². The summed E-state index contributed by atoms with van der Waals surface area (Å²) < 4.78 is 33.0. The number of aryl methyl sites for hydroxylation is 1. The molecule has 1 N–H and O–H groups in total. The molecule has 3 heterocycles. The van der Waals surface area contributed by atoms with Crippen molar-refractivity contribution < 1.29 is 23.4 Å². The summed E-state index contributed by atoms with van der Waals surface area (Å²) in [5.41, 5.74) is 1.70. The fourth-order valence-corrected chi connectivity index (χ4v) is 4.52. The highest BCUT2D eigenvalue weighted by Gasteiger charge is 2.18. The van der Waals surface area contributed by atoms with Gasteiger partial charge in [-0.05, 0) is 50.4 Å². The Labute approximate surface area is 223 Å². The van der Waals surface area contributed by atoms with Crippen LogP contribution in [0.25, 0.3) is 32.6 Å². The number of fused-ring (bicyclic) bond motifs is 1. The number of alkyl carbamates (subject to hydrolysis) is 1. The molecule has 3 aromatic heterocycles. The Hall–Kier alpha value is -3.83. The van der Waals surface area contributed by atoms with Gasteiger partial charge in [0, 0.05) is 48.4 Å². The number of aromatic nitrogens is 3. The maximum absolute atomic E-state index is 14.1. The van der Waals surface area contributed by atoms with Gasteiger partial charge in [0.25, 0.3) is 5.56 Å². The maximum atomic E-state index is 14.1. The predicted molar refractivity (Wildman–Crippen MR) is 144 cm³/mol. The van der Waals surface area contributed by atoms with Crippen LogP contribution in [0, 0.1) is 5.82 Å². The number of halogens is 1. The van der Waals surface area contributed by atoms with E-state index in [0.717, 1.165) is 10.1 Å². The molecule has 0 aliphatic carbocycles. The van der Waals surface area contributed by atoms with E-state index in [1.165, 1.54) is 34.1 Å². The van der Waals surface area contributed by atoms with Gasteiger partial charge in [-0.15, -0.1) is 21.5 Å². The molecule has 0 saturated heterocycles. The number of ether oxygens (including phenoxy) is 3. The van der Waals surface area contributed by atoms with Crippen LogP contribution in [0.1, 0.15) is 20.8 Å². The molecule has 11 heteroatoms. The van der Waals surface area contributed by atoms with E-state index in [2.05, 4.69) is 15.5 Å². The number of pyridine rings is 1. The van der Waals surface area contributed by atoms with Crippen molar-refractivity contribution in [2.45, 2.75) is 26.4 Å². The predicted octanol–water partition coefficient (Wildman–Crippen LogP) is 4.78. The van der Waals surface area contributed by atoms with Crippen molar-refractivity contribution in [1.82, 2.24) is 20.1 Å². The SMILES string of the molecule is Cn1ccc(-c2nnc(-c3ccc(F)cc3OCCOCCNC(=O)OC(C)(C)C)c3sccc23)cc1=O. The van der Waals surface area contributed by atoms with Crippen molar-refractivity contribution >= 4 is 27.5 Å². The standard InChI is InChI=1S/C27H29FN4O5S/c1-27(2,3)37-26(34)29-9-11-35-12-13-36-21-16-18(28)5-6-19(21)24-25-20(8-14-38-25)23(30-31-24)17-7-10-32(4)22(33)15-17/h5-8,10,14-16H,9,11-13H2,1-4H3,(H,29,34). The van der Waals surface area contributed by atoms with E-state index in [1.54, 1.807) is 40.1 Å². The fraction of sp³-hybridized carbons (Fsp3) is 0.333. The molecule has 1 aromatic carbocycles. The number of rotatable bonds is 9. The Kier molecular flexibility index (Phi) is 8.38. The first-order valence-electron chi connectivity index (χ1n) is 12.0. The first-order valence-corrected chi connectivity index (χ1v) is 12.9. The lowest BCUT2D eigenvalue weighted by Gasteiger charge is -2.19. The molecule has 1 amide bonds. The molecular formula is C27H29FN4O5S. The van der Waals surface area contributed by atoms with E-state index in [0.29, 0.717) is 28.3 Å². The molecule has 0 unspecified atom stereocenters. The van der Waals surface area contributed by atoms with Crippen LogP contribution < -0.4 is 15.6 Å². The summed E-state index contributed by atoms with van der Waals surface area (Å²) in [5, 5.41) is 14.2. The van der Waals surface area contributed by atoms with Gasteiger partial charge in [-0.3, -0.25) is 4.79 Å². The zero-order chi connectivity index (χ0) is 27.3. The van der Waals surface area contributed by atoms with Gasteiger partial charge in [-0.1, -0.05) is 0 Å². The molecule has 0 radical (unpaired) electrons. The number of hydrogen-bond donors (Lipinski definition) is 1. The summed E-state index contributed by atoms with van der Waals surface area (Å²) in [6, 6.07) is 9.52. The average molecular weight is 541 g/mol. The number of carbonyl (C=O) groups excluding carboxylic acids is 1. The summed E-state index contributed by atoms with van der Waals surface area (Å²) >= 11 is 1.48. The normalized spacial score (nSPS) is 11.5. The average Bonchev–Trinajstić information content (AvgIpc) is 3.34. The van der Waals surface area contributed by atoms with Crippen LogP contribution in [0.5, 0.6) is 5.75 Å². The minimum absolute atomic E-state index is 0.145. The molecule has 0 saturated carbocycles. The zero-order valence-corrected chi connectivity index (χ0v) is 22.4. The van der Waals surface area contributed by atoms with Gasteiger partial charge >= 0.3 is 6.09 Å². The Morgan fingerprint density at radius 1 is 1.08 bits per heavy atom. The topological polar surface area (TPSA) is 105 Å². The second-order valence-corrected chi connectivity index (χ2v) is 10.4. The summed E-state index contributed by atoms with van der Waals surface area (Å²) in [5.74, 6) is -0.135. The number of nitrogens with one attached hydrogen (secondary N) is 1. The number of hydrogen-bond acceptors (Lipinski definition) is 8. The molecule has 4 aromatic rings. The van der Waals surface area contributed by atoms with Crippen molar-refractivity contribution in [1.29, 1.82) is 0 Å². The molecule has 0 aliphatic rings. The van der Waals surface area contributed by atoms with Gasteiger partial charge in [-0.25, -0.2) is 9.18 Å². The lowest BCUT2D eigenvalue weighted by molar-refractivity contribution is 0.0489. The van der Waals surface area contributed by atoms with Gasteiger partial charge in [0.1, 0.15) is 35.2 Å². The minimum atomic E-state index is -0.568. The summed E-state index contributed by atoms with van der Waals surface area (Å²) in [6.07, 6.45) is 1.18. The van der Waals surface area contributed by atoms with Crippen LogP contribution in [0.4, 0.5) is 9.18 Å². The maximum Gasteiger partial charge on any atom is 0.407 e. The molecule has 9 nitrogen and oxygen atoms in total. The van der Waals surface area contributed by atoms with Crippen LogP contribution in [0.2, 0.25) is 0 Å². The van der Waals surface area contributed by atoms with Gasteiger partial charge in [0.15, 0.2) is 0 Å². The molecule has 38 heavy (non-hydrogen) atoms. The molecule has 0 atom stereocenters. The highest BCUT2D eigenvalue weighted by atomic mass is 32.1. The largest absolute Gasteiger partial charge is 0.490 e. The highest BCUT2D eigenvalue weighted by molar-refractivity contribution is 7.17. The quantitative estimate of drug-likeness (QED) is 0.305. The molecule has 4 rings (SSSR count). The molecule has 0 bridgehead atoms. The molecular weight excluding hydrogens is 511 g/mol. The summed E-state index contributed by atoms with van der Waals surface area (Å²) in [7, 11) is 1.68. The Balaban J connectivity index is 1.44. The smallest absolute Gasteiger partial charge is 0.407 e. The molecule has 0 fully saturated rings.